The molecule has 1 aromatic carbocycles. The van der Waals surface area contributed by atoms with E-state index in [1.165, 1.54) is 0 Å². The van der Waals surface area contributed by atoms with E-state index < -0.39 is 11.9 Å². The van der Waals surface area contributed by atoms with Gasteiger partial charge in [-0.15, -0.1) is 0 Å². The molecule has 0 spiro atoms. The molecule has 0 aliphatic heterocycles. The van der Waals surface area contributed by atoms with Gasteiger partial charge >= 0.3 is 11.9 Å². The summed E-state index contributed by atoms with van der Waals surface area (Å²) in [4.78, 5) is 22.2. The van der Waals surface area contributed by atoms with Gasteiger partial charge in [-0.2, -0.15) is 0 Å². The van der Waals surface area contributed by atoms with E-state index >= 15 is 0 Å². The van der Waals surface area contributed by atoms with Crippen LogP contribution in [0.5, 0.6) is 0 Å². The zero-order valence-corrected chi connectivity index (χ0v) is 11.0. The zero-order chi connectivity index (χ0) is 13.9. The third kappa shape index (κ3) is 7.21. The minimum absolute atomic E-state index is 0.117. The van der Waals surface area contributed by atoms with Gasteiger partial charge in [0.05, 0.1) is 26.2 Å². The van der Waals surface area contributed by atoms with Crippen molar-refractivity contribution >= 4 is 11.9 Å². The maximum atomic E-state index is 11.3. The molecule has 0 saturated heterocycles. The van der Waals surface area contributed by atoms with Crippen LogP contribution in [0.3, 0.4) is 0 Å². The van der Waals surface area contributed by atoms with Gasteiger partial charge in [0.2, 0.25) is 0 Å². The Kier molecular flexibility index (Phi) is 7.27. The van der Waals surface area contributed by atoms with Crippen molar-refractivity contribution in [3.63, 3.8) is 0 Å². The van der Waals surface area contributed by atoms with E-state index in [1.807, 2.05) is 30.3 Å². The summed E-state index contributed by atoms with van der Waals surface area (Å²) >= 11 is 0. The fourth-order valence-electron chi connectivity index (χ4n) is 1.33. The van der Waals surface area contributed by atoms with Gasteiger partial charge in [-0.3, -0.25) is 4.79 Å². The van der Waals surface area contributed by atoms with Crippen molar-refractivity contribution in [3.05, 3.63) is 35.9 Å². The van der Waals surface area contributed by atoms with Crippen LogP contribution in [0.1, 0.15) is 18.9 Å². The van der Waals surface area contributed by atoms with Crippen LogP contribution in [0.15, 0.2) is 30.3 Å². The van der Waals surface area contributed by atoms with Gasteiger partial charge in [0, 0.05) is 0 Å². The molecule has 0 unspecified atom stereocenters. The quantitative estimate of drug-likeness (QED) is 0.529. The molecule has 0 aromatic heterocycles. The standard InChI is InChI=1S/C14H18O5/c1-2-18-14(16)11-19-13(15)8-9-17-10-12-6-4-3-5-7-12/h3-7H,2,8-11H2,1H3. The molecule has 0 radical (unpaired) electrons. The van der Waals surface area contributed by atoms with E-state index in [1.54, 1.807) is 6.92 Å². The Balaban J connectivity index is 2.06. The Hall–Kier alpha value is -1.88. The van der Waals surface area contributed by atoms with Crippen LogP contribution in [0.2, 0.25) is 0 Å². The highest BCUT2D eigenvalue weighted by molar-refractivity contribution is 5.76. The van der Waals surface area contributed by atoms with Crippen molar-refractivity contribution in [1.82, 2.24) is 0 Å². The summed E-state index contributed by atoms with van der Waals surface area (Å²) in [6.07, 6.45) is 0.117. The lowest BCUT2D eigenvalue weighted by atomic mass is 10.2. The largest absolute Gasteiger partial charge is 0.463 e. The molecule has 5 nitrogen and oxygen atoms in total. The maximum Gasteiger partial charge on any atom is 0.344 e. The Labute approximate surface area is 112 Å². The lowest BCUT2D eigenvalue weighted by molar-refractivity contribution is -0.159. The second-order valence-electron chi connectivity index (χ2n) is 3.75. The zero-order valence-electron chi connectivity index (χ0n) is 11.0. The summed E-state index contributed by atoms with van der Waals surface area (Å²) in [7, 11) is 0. The average Bonchev–Trinajstić information content (AvgIpc) is 2.43. The number of benzene rings is 1. The molecule has 0 aliphatic carbocycles. The number of rotatable bonds is 8. The van der Waals surface area contributed by atoms with Crippen LogP contribution in [0.4, 0.5) is 0 Å². The number of hydrogen-bond acceptors (Lipinski definition) is 5. The van der Waals surface area contributed by atoms with Crippen LogP contribution in [0, 0.1) is 0 Å². The molecule has 0 atom stereocenters. The van der Waals surface area contributed by atoms with Gasteiger partial charge in [-0.25, -0.2) is 4.79 Å². The summed E-state index contributed by atoms with van der Waals surface area (Å²) in [5.41, 5.74) is 1.04. The van der Waals surface area contributed by atoms with Gasteiger partial charge in [0.15, 0.2) is 6.61 Å². The lowest BCUT2D eigenvalue weighted by Gasteiger charge is -2.05. The lowest BCUT2D eigenvalue weighted by Crippen LogP contribution is -2.17. The van der Waals surface area contributed by atoms with E-state index in [-0.39, 0.29) is 26.2 Å². The third-order valence-corrected chi connectivity index (χ3v) is 2.22. The van der Waals surface area contributed by atoms with Gasteiger partial charge in [-0.05, 0) is 12.5 Å². The summed E-state index contributed by atoms with van der Waals surface area (Å²) in [5, 5.41) is 0. The molecule has 1 rings (SSSR count). The highest BCUT2D eigenvalue weighted by atomic mass is 16.6. The van der Waals surface area contributed by atoms with Crippen molar-refractivity contribution in [2.75, 3.05) is 19.8 Å². The fourth-order valence-corrected chi connectivity index (χ4v) is 1.33. The molecule has 19 heavy (non-hydrogen) atoms. The van der Waals surface area contributed by atoms with Crippen molar-refractivity contribution in [2.24, 2.45) is 0 Å². The monoisotopic (exact) mass is 266 g/mol. The summed E-state index contributed by atoms with van der Waals surface area (Å²) < 4.78 is 14.7. The van der Waals surface area contributed by atoms with Crippen LogP contribution < -0.4 is 0 Å². The molecule has 0 aliphatic rings. The highest BCUT2D eigenvalue weighted by Gasteiger charge is 2.07. The molecule has 0 bridgehead atoms. The molecular formula is C14H18O5. The van der Waals surface area contributed by atoms with Crippen molar-refractivity contribution < 1.29 is 23.8 Å². The van der Waals surface area contributed by atoms with Crippen LogP contribution in [-0.4, -0.2) is 31.8 Å². The minimum atomic E-state index is -0.541. The molecular weight excluding hydrogens is 248 g/mol. The molecule has 5 heteroatoms. The summed E-state index contributed by atoms with van der Waals surface area (Å²) in [6.45, 7) is 2.33. The van der Waals surface area contributed by atoms with Crippen LogP contribution >= 0.6 is 0 Å². The molecule has 0 N–H and O–H groups in total. The summed E-state index contributed by atoms with van der Waals surface area (Å²) in [6, 6.07) is 9.66. The smallest absolute Gasteiger partial charge is 0.344 e. The Morgan fingerprint density at radius 1 is 1.05 bits per heavy atom. The second-order valence-corrected chi connectivity index (χ2v) is 3.75. The van der Waals surface area contributed by atoms with E-state index in [2.05, 4.69) is 4.74 Å². The molecule has 1 aromatic rings. The van der Waals surface area contributed by atoms with Crippen molar-refractivity contribution in [3.8, 4) is 0 Å². The topological polar surface area (TPSA) is 61.8 Å². The Bertz CT molecular complexity index is 388. The van der Waals surface area contributed by atoms with Crippen molar-refractivity contribution in [1.29, 1.82) is 0 Å². The summed E-state index contributed by atoms with van der Waals surface area (Å²) in [5.74, 6) is -1.01. The third-order valence-electron chi connectivity index (χ3n) is 2.22. The second kappa shape index (κ2) is 9.10. The fraction of sp³-hybridized carbons (Fsp3) is 0.429. The highest BCUT2D eigenvalue weighted by Crippen LogP contribution is 2.01. The Morgan fingerprint density at radius 3 is 2.47 bits per heavy atom. The van der Waals surface area contributed by atoms with E-state index in [9.17, 15) is 9.59 Å². The van der Waals surface area contributed by atoms with E-state index in [0.717, 1.165) is 5.56 Å². The predicted octanol–water partition coefficient (Wildman–Crippen LogP) is 1.70. The molecule has 0 fully saturated rings. The normalized spacial score (nSPS) is 9.95. The predicted molar refractivity (Wildman–Crippen MR) is 68.3 cm³/mol. The van der Waals surface area contributed by atoms with Crippen molar-refractivity contribution in [2.45, 2.75) is 20.0 Å². The van der Waals surface area contributed by atoms with Gasteiger partial charge in [0.25, 0.3) is 0 Å². The first-order valence-electron chi connectivity index (χ1n) is 6.15. The van der Waals surface area contributed by atoms with E-state index in [4.69, 9.17) is 9.47 Å². The average molecular weight is 266 g/mol. The molecule has 0 amide bonds. The van der Waals surface area contributed by atoms with Gasteiger partial charge in [0.1, 0.15) is 0 Å². The number of ether oxygens (including phenoxy) is 3. The molecule has 0 saturated carbocycles. The van der Waals surface area contributed by atoms with Gasteiger partial charge < -0.3 is 14.2 Å². The number of hydrogen-bond donors (Lipinski definition) is 0. The Morgan fingerprint density at radius 2 is 1.79 bits per heavy atom. The number of carbonyl (C=O) groups excluding carboxylic acids is 2. The first kappa shape index (κ1) is 15.2. The minimum Gasteiger partial charge on any atom is -0.463 e. The van der Waals surface area contributed by atoms with Crippen LogP contribution in [0.25, 0.3) is 0 Å². The van der Waals surface area contributed by atoms with Gasteiger partial charge in [-0.1, -0.05) is 30.3 Å². The first-order chi connectivity index (χ1) is 9.22. The first-order valence-corrected chi connectivity index (χ1v) is 6.15. The van der Waals surface area contributed by atoms with E-state index in [0.29, 0.717) is 6.61 Å². The SMILES string of the molecule is CCOC(=O)COC(=O)CCOCc1ccccc1. The molecule has 0 heterocycles. The maximum absolute atomic E-state index is 11.3. The molecule has 104 valence electrons. The number of carbonyl (C=O) groups is 2. The number of esters is 2. The van der Waals surface area contributed by atoms with Crippen LogP contribution in [-0.2, 0) is 30.4 Å².